The number of aryl methyl sites for hydroxylation is 2. The lowest BCUT2D eigenvalue weighted by Gasteiger charge is -2.28. The van der Waals surface area contributed by atoms with Gasteiger partial charge in [0, 0.05) is 41.7 Å². The third-order valence-corrected chi connectivity index (χ3v) is 6.50. The van der Waals surface area contributed by atoms with Crippen LogP contribution >= 0.6 is 11.3 Å². The number of nitrogens with zero attached hydrogens (tertiary/aromatic N) is 2. The Hall–Kier alpha value is -3.16. The normalized spacial score (nSPS) is 10.7. The number of nitrogens with one attached hydrogen (secondary N) is 1. The first-order valence-corrected chi connectivity index (χ1v) is 12.8. The van der Waals surface area contributed by atoms with E-state index in [4.69, 9.17) is 4.74 Å². The summed E-state index contributed by atoms with van der Waals surface area (Å²) in [5, 5.41) is 2.95. The van der Waals surface area contributed by atoms with Gasteiger partial charge in [-0.15, -0.1) is 11.3 Å². The standard InChI is InChI=1S/C28H35N3O3S/c1-4-34-17-9-16-30(28(33)29-25-13-8-10-22(2)18-25)21-27(32)31(19-24-11-6-5-7-12-24)20-26-15-14-23(3)35-26/h5-8,10-15,18H,4,9,16-17,19-21H2,1-3H3,(H,29,33). The lowest BCUT2D eigenvalue weighted by atomic mass is 10.2. The van der Waals surface area contributed by atoms with Crippen molar-refractivity contribution < 1.29 is 14.3 Å². The molecule has 0 saturated carbocycles. The van der Waals surface area contributed by atoms with Crippen LogP contribution in [0, 0.1) is 13.8 Å². The predicted octanol–water partition coefficient (Wildman–Crippen LogP) is 5.85. The molecule has 0 spiro atoms. The van der Waals surface area contributed by atoms with Crippen LogP contribution in [0.2, 0.25) is 0 Å². The van der Waals surface area contributed by atoms with Crippen molar-refractivity contribution in [2.45, 2.75) is 40.3 Å². The molecule has 0 radical (unpaired) electrons. The summed E-state index contributed by atoms with van der Waals surface area (Å²) in [7, 11) is 0. The molecule has 0 aliphatic heterocycles. The topological polar surface area (TPSA) is 61.9 Å². The Kier molecular flexibility index (Phi) is 10.3. The molecule has 35 heavy (non-hydrogen) atoms. The highest BCUT2D eigenvalue weighted by molar-refractivity contribution is 7.11. The van der Waals surface area contributed by atoms with Gasteiger partial charge in [-0.3, -0.25) is 4.79 Å². The Morgan fingerprint density at radius 3 is 2.43 bits per heavy atom. The fraction of sp³-hybridized carbons (Fsp3) is 0.357. The lowest BCUT2D eigenvalue weighted by Crippen LogP contribution is -2.44. The van der Waals surface area contributed by atoms with Crippen molar-refractivity contribution in [3.8, 4) is 0 Å². The SMILES string of the molecule is CCOCCCN(CC(=O)N(Cc1ccccc1)Cc1ccc(C)s1)C(=O)Nc1cccc(C)c1. The summed E-state index contributed by atoms with van der Waals surface area (Å²) in [4.78, 5) is 32.5. The number of ether oxygens (including phenoxy) is 1. The van der Waals surface area contributed by atoms with E-state index in [1.807, 2.05) is 73.3 Å². The number of benzene rings is 2. The first-order valence-electron chi connectivity index (χ1n) is 12.0. The van der Waals surface area contributed by atoms with Crippen LogP contribution in [0.1, 0.15) is 34.2 Å². The monoisotopic (exact) mass is 493 g/mol. The molecule has 0 bridgehead atoms. The van der Waals surface area contributed by atoms with Gasteiger partial charge >= 0.3 is 6.03 Å². The molecule has 7 heteroatoms. The highest BCUT2D eigenvalue weighted by Crippen LogP contribution is 2.19. The van der Waals surface area contributed by atoms with E-state index in [1.54, 1.807) is 16.2 Å². The second-order valence-electron chi connectivity index (χ2n) is 8.52. The van der Waals surface area contributed by atoms with Crippen molar-refractivity contribution in [1.82, 2.24) is 9.80 Å². The lowest BCUT2D eigenvalue weighted by molar-refractivity contribution is -0.133. The molecule has 1 aromatic heterocycles. The molecule has 0 aliphatic carbocycles. The molecule has 1 heterocycles. The van der Waals surface area contributed by atoms with Crippen LogP contribution in [0.15, 0.2) is 66.7 Å². The van der Waals surface area contributed by atoms with Crippen LogP contribution in [0.5, 0.6) is 0 Å². The highest BCUT2D eigenvalue weighted by Gasteiger charge is 2.22. The minimum absolute atomic E-state index is 0.000957. The van der Waals surface area contributed by atoms with Crippen molar-refractivity contribution in [2.24, 2.45) is 0 Å². The molecule has 0 fully saturated rings. The van der Waals surface area contributed by atoms with Crippen LogP contribution in [0.25, 0.3) is 0 Å². The highest BCUT2D eigenvalue weighted by atomic mass is 32.1. The number of carbonyl (C=O) groups is 2. The van der Waals surface area contributed by atoms with Gasteiger partial charge in [0.25, 0.3) is 0 Å². The molecule has 6 nitrogen and oxygen atoms in total. The van der Waals surface area contributed by atoms with Gasteiger partial charge in [-0.05, 0) is 62.6 Å². The zero-order valence-electron chi connectivity index (χ0n) is 20.8. The van der Waals surface area contributed by atoms with E-state index in [9.17, 15) is 9.59 Å². The second kappa shape index (κ2) is 13.7. The van der Waals surface area contributed by atoms with Crippen LogP contribution in [0.3, 0.4) is 0 Å². The van der Waals surface area contributed by atoms with E-state index < -0.39 is 0 Å². The number of urea groups is 1. The number of hydrogen-bond acceptors (Lipinski definition) is 4. The Morgan fingerprint density at radius 1 is 0.943 bits per heavy atom. The van der Waals surface area contributed by atoms with E-state index in [0.717, 1.165) is 16.0 Å². The second-order valence-corrected chi connectivity index (χ2v) is 9.89. The molecule has 0 aliphatic rings. The van der Waals surface area contributed by atoms with Crippen molar-refractivity contribution in [2.75, 3.05) is 31.6 Å². The van der Waals surface area contributed by atoms with Gasteiger partial charge in [0.05, 0.1) is 6.54 Å². The molecule has 3 amide bonds. The maximum atomic E-state index is 13.5. The van der Waals surface area contributed by atoms with Crippen LogP contribution in [0.4, 0.5) is 10.5 Å². The molecule has 0 unspecified atom stereocenters. The van der Waals surface area contributed by atoms with Crippen molar-refractivity contribution in [3.63, 3.8) is 0 Å². The van der Waals surface area contributed by atoms with Crippen molar-refractivity contribution in [3.05, 3.63) is 87.6 Å². The molecular formula is C28H35N3O3S. The number of carbonyl (C=O) groups excluding carboxylic acids is 2. The Labute approximate surface area is 212 Å². The summed E-state index contributed by atoms with van der Waals surface area (Å²) in [6, 6.07) is 21.5. The first kappa shape index (κ1) is 26.4. The van der Waals surface area contributed by atoms with Gasteiger partial charge in [-0.1, -0.05) is 42.5 Å². The van der Waals surface area contributed by atoms with Crippen molar-refractivity contribution in [1.29, 1.82) is 0 Å². The summed E-state index contributed by atoms with van der Waals surface area (Å²) in [6.07, 6.45) is 0.658. The summed E-state index contributed by atoms with van der Waals surface area (Å²) in [5.74, 6) is -0.0873. The quantitative estimate of drug-likeness (QED) is 0.322. The minimum atomic E-state index is -0.285. The van der Waals surface area contributed by atoms with Crippen LogP contribution in [-0.2, 0) is 22.6 Å². The summed E-state index contributed by atoms with van der Waals surface area (Å²) < 4.78 is 5.46. The average Bonchev–Trinajstić information content (AvgIpc) is 3.25. The van der Waals surface area contributed by atoms with Crippen LogP contribution < -0.4 is 5.32 Å². The van der Waals surface area contributed by atoms with E-state index >= 15 is 0 Å². The molecule has 2 aromatic carbocycles. The minimum Gasteiger partial charge on any atom is -0.382 e. The molecule has 0 saturated heterocycles. The summed E-state index contributed by atoms with van der Waals surface area (Å²) >= 11 is 1.69. The largest absolute Gasteiger partial charge is 0.382 e. The van der Waals surface area contributed by atoms with Gasteiger partial charge in [0.1, 0.15) is 6.54 Å². The zero-order valence-corrected chi connectivity index (χ0v) is 21.6. The van der Waals surface area contributed by atoms with E-state index in [-0.39, 0.29) is 18.5 Å². The Balaban J connectivity index is 1.74. The molecule has 186 valence electrons. The number of anilines is 1. The smallest absolute Gasteiger partial charge is 0.322 e. The van der Waals surface area contributed by atoms with Crippen LogP contribution in [-0.4, -0.2) is 48.0 Å². The molecule has 1 N–H and O–H groups in total. The maximum absolute atomic E-state index is 13.5. The molecule has 0 atom stereocenters. The third-order valence-electron chi connectivity index (χ3n) is 5.52. The molecule has 3 aromatic rings. The zero-order chi connectivity index (χ0) is 25.0. The fourth-order valence-electron chi connectivity index (χ4n) is 3.74. The summed E-state index contributed by atoms with van der Waals surface area (Å²) in [5.41, 5.74) is 2.83. The van der Waals surface area contributed by atoms with Gasteiger partial charge in [0.15, 0.2) is 0 Å². The predicted molar refractivity (Wildman–Crippen MR) is 143 cm³/mol. The molecular weight excluding hydrogens is 458 g/mol. The van der Waals surface area contributed by atoms with Gasteiger partial charge in [0.2, 0.25) is 5.91 Å². The molecule has 3 rings (SSSR count). The van der Waals surface area contributed by atoms with Crippen molar-refractivity contribution >= 4 is 29.0 Å². The van der Waals surface area contributed by atoms with E-state index in [1.165, 1.54) is 4.88 Å². The van der Waals surface area contributed by atoms with Gasteiger partial charge in [-0.2, -0.15) is 0 Å². The number of thiophene rings is 1. The fourth-order valence-corrected chi connectivity index (χ4v) is 4.64. The number of rotatable bonds is 12. The van der Waals surface area contributed by atoms with Gasteiger partial charge in [-0.25, -0.2) is 4.79 Å². The maximum Gasteiger partial charge on any atom is 0.322 e. The average molecular weight is 494 g/mol. The number of amides is 3. The number of hydrogen-bond donors (Lipinski definition) is 1. The Morgan fingerprint density at radius 2 is 1.74 bits per heavy atom. The third kappa shape index (κ3) is 8.85. The first-order chi connectivity index (χ1) is 16.9. The summed E-state index contributed by atoms with van der Waals surface area (Å²) in [6.45, 7) is 8.59. The van der Waals surface area contributed by atoms with Gasteiger partial charge < -0.3 is 19.9 Å². The van der Waals surface area contributed by atoms with E-state index in [0.29, 0.717) is 45.0 Å². The Bertz CT molecular complexity index is 1080. The van der Waals surface area contributed by atoms with E-state index in [2.05, 4.69) is 24.4 Å².